The number of hydrogen-bond donors (Lipinski definition) is 1. The highest BCUT2D eigenvalue weighted by Crippen LogP contribution is 2.22. The van der Waals surface area contributed by atoms with Gasteiger partial charge in [-0.15, -0.1) is 0 Å². The maximum atomic E-state index is 11.8. The second kappa shape index (κ2) is 8.41. The Labute approximate surface area is 131 Å². The Morgan fingerprint density at radius 3 is 2.45 bits per heavy atom. The number of nitrogens with one attached hydrogen (secondary N) is 1. The van der Waals surface area contributed by atoms with Gasteiger partial charge in [-0.1, -0.05) is 19.3 Å². The molecule has 0 heterocycles. The Morgan fingerprint density at radius 2 is 1.82 bits per heavy atom. The minimum atomic E-state index is -0.504. The molecule has 2 rings (SSSR count). The molecule has 0 atom stereocenters. The van der Waals surface area contributed by atoms with Crippen LogP contribution < -0.4 is 10.1 Å². The predicted molar refractivity (Wildman–Crippen MR) is 82.9 cm³/mol. The van der Waals surface area contributed by atoms with Crippen molar-refractivity contribution in [3.8, 4) is 5.75 Å². The fraction of sp³-hybridized carbons (Fsp3) is 0.529. The number of benzene rings is 1. The molecule has 1 aliphatic rings. The summed E-state index contributed by atoms with van der Waals surface area (Å²) in [7, 11) is 1.56. The van der Waals surface area contributed by atoms with E-state index in [9.17, 15) is 9.59 Å². The second-order valence-corrected chi connectivity index (χ2v) is 5.61. The van der Waals surface area contributed by atoms with Gasteiger partial charge < -0.3 is 14.8 Å². The molecule has 0 saturated heterocycles. The molecule has 1 fully saturated rings. The van der Waals surface area contributed by atoms with E-state index in [-0.39, 0.29) is 12.5 Å². The number of carbonyl (C=O) groups is 2. The smallest absolute Gasteiger partial charge is 0.338 e. The van der Waals surface area contributed by atoms with Crippen LogP contribution >= 0.6 is 0 Å². The highest BCUT2D eigenvalue weighted by Gasteiger charge is 2.15. The van der Waals surface area contributed by atoms with Crippen molar-refractivity contribution in [2.24, 2.45) is 5.92 Å². The number of hydrogen-bond acceptors (Lipinski definition) is 4. The van der Waals surface area contributed by atoms with Gasteiger partial charge in [-0.25, -0.2) is 4.79 Å². The molecule has 120 valence electrons. The molecule has 1 amide bonds. The molecule has 5 heteroatoms. The van der Waals surface area contributed by atoms with E-state index >= 15 is 0 Å². The first kappa shape index (κ1) is 16.3. The lowest BCUT2D eigenvalue weighted by Gasteiger charge is -2.21. The topological polar surface area (TPSA) is 64.6 Å². The zero-order valence-corrected chi connectivity index (χ0v) is 13.0. The van der Waals surface area contributed by atoms with Crippen molar-refractivity contribution in [3.05, 3.63) is 29.8 Å². The molecule has 0 aliphatic heterocycles. The summed E-state index contributed by atoms with van der Waals surface area (Å²) in [5.74, 6) is 0.486. The third-order valence-corrected chi connectivity index (χ3v) is 3.97. The third kappa shape index (κ3) is 5.06. The van der Waals surface area contributed by atoms with Crippen LogP contribution in [-0.2, 0) is 9.53 Å². The van der Waals surface area contributed by atoms with Crippen LogP contribution in [-0.4, -0.2) is 32.1 Å². The number of rotatable bonds is 6. The molecular weight excluding hydrogens is 282 g/mol. The first-order chi connectivity index (χ1) is 10.7. The van der Waals surface area contributed by atoms with E-state index in [1.807, 2.05) is 0 Å². The van der Waals surface area contributed by atoms with Crippen LogP contribution in [0.15, 0.2) is 24.3 Å². The fourth-order valence-corrected chi connectivity index (χ4v) is 2.64. The highest BCUT2D eigenvalue weighted by atomic mass is 16.5. The summed E-state index contributed by atoms with van der Waals surface area (Å²) in [6.07, 6.45) is 6.13. The molecule has 1 aromatic carbocycles. The zero-order chi connectivity index (χ0) is 15.8. The van der Waals surface area contributed by atoms with Crippen LogP contribution in [0.25, 0.3) is 0 Å². The van der Waals surface area contributed by atoms with Gasteiger partial charge in [0.25, 0.3) is 5.91 Å². The van der Waals surface area contributed by atoms with E-state index < -0.39 is 5.97 Å². The van der Waals surface area contributed by atoms with Crippen LogP contribution in [0.4, 0.5) is 0 Å². The minimum absolute atomic E-state index is 0.239. The molecule has 0 radical (unpaired) electrons. The number of esters is 1. The molecule has 0 spiro atoms. The Kier molecular flexibility index (Phi) is 6.25. The predicted octanol–water partition coefficient (Wildman–Crippen LogP) is 2.55. The minimum Gasteiger partial charge on any atom is -0.497 e. The normalized spacial score (nSPS) is 15.1. The lowest BCUT2D eigenvalue weighted by atomic mass is 9.89. The molecular formula is C17H23NO4. The number of ether oxygens (including phenoxy) is 2. The van der Waals surface area contributed by atoms with Gasteiger partial charge in [0.15, 0.2) is 6.61 Å². The first-order valence-corrected chi connectivity index (χ1v) is 7.77. The summed E-state index contributed by atoms with van der Waals surface area (Å²) in [6, 6.07) is 6.58. The summed E-state index contributed by atoms with van der Waals surface area (Å²) in [6.45, 7) is 0.441. The van der Waals surface area contributed by atoms with E-state index in [0.29, 0.717) is 23.8 Å². The van der Waals surface area contributed by atoms with Gasteiger partial charge in [0.1, 0.15) is 5.75 Å². The second-order valence-electron chi connectivity index (χ2n) is 5.61. The summed E-state index contributed by atoms with van der Waals surface area (Å²) in [5.41, 5.74) is 0.404. The van der Waals surface area contributed by atoms with Crippen molar-refractivity contribution in [2.45, 2.75) is 32.1 Å². The fourth-order valence-electron chi connectivity index (χ4n) is 2.64. The van der Waals surface area contributed by atoms with Gasteiger partial charge in [-0.3, -0.25) is 4.79 Å². The van der Waals surface area contributed by atoms with Crippen molar-refractivity contribution < 1.29 is 19.1 Å². The molecule has 1 saturated carbocycles. The van der Waals surface area contributed by atoms with Crippen LogP contribution in [0.2, 0.25) is 0 Å². The zero-order valence-electron chi connectivity index (χ0n) is 13.0. The SMILES string of the molecule is COc1ccc(C(=O)OCC(=O)NCC2CCCCC2)cc1. The van der Waals surface area contributed by atoms with Gasteiger partial charge >= 0.3 is 5.97 Å². The van der Waals surface area contributed by atoms with Crippen molar-refractivity contribution in [2.75, 3.05) is 20.3 Å². The average molecular weight is 305 g/mol. The first-order valence-electron chi connectivity index (χ1n) is 7.77. The van der Waals surface area contributed by atoms with Crippen molar-refractivity contribution >= 4 is 11.9 Å². The largest absolute Gasteiger partial charge is 0.497 e. The molecule has 1 aliphatic carbocycles. The Hall–Kier alpha value is -2.04. The molecule has 0 unspecified atom stereocenters. The number of amides is 1. The molecule has 22 heavy (non-hydrogen) atoms. The van der Waals surface area contributed by atoms with Gasteiger partial charge in [-0.2, -0.15) is 0 Å². The Morgan fingerprint density at radius 1 is 1.14 bits per heavy atom. The van der Waals surface area contributed by atoms with E-state index in [4.69, 9.17) is 9.47 Å². The number of carbonyl (C=O) groups excluding carboxylic acids is 2. The van der Waals surface area contributed by atoms with E-state index in [1.54, 1.807) is 31.4 Å². The summed E-state index contributed by atoms with van der Waals surface area (Å²) < 4.78 is 10.0. The van der Waals surface area contributed by atoms with E-state index in [2.05, 4.69) is 5.32 Å². The molecule has 1 aromatic rings. The molecule has 1 N–H and O–H groups in total. The Bertz CT molecular complexity index is 492. The lowest BCUT2D eigenvalue weighted by Crippen LogP contribution is -2.33. The van der Waals surface area contributed by atoms with E-state index in [0.717, 1.165) is 0 Å². The number of methoxy groups -OCH3 is 1. The van der Waals surface area contributed by atoms with Crippen LogP contribution in [0.3, 0.4) is 0 Å². The van der Waals surface area contributed by atoms with Crippen molar-refractivity contribution in [1.82, 2.24) is 5.32 Å². The molecule has 0 bridgehead atoms. The summed E-state index contributed by atoms with van der Waals surface area (Å²) >= 11 is 0. The van der Waals surface area contributed by atoms with Gasteiger partial charge in [0.05, 0.1) is 12.7 Å². The quantitative estimate of drug-likeness (QED) is 0.820. The highest BCUT2D eigenvalue weighted by molar-refractivity contribution is 5.91. The third-order valence-electron chi connectivity index (χ3n) is 3.97. The van der Waals surface area contributed by atoms with Crippen molar-refractivity contribution in [1.29, 1.82) is 0 Å². The molecule has 5 nitrogen and oxygen atoms in total. The monoisotopic (exact) mass is 305 g/mol. The van der Waals surface area contributed by atoms with Crippen molar-refractivity contribution in [3.63, 3.8) is 0 Å². The van der Waals surface area contributed by atoms with Crippen LogP contribution in [0, 0.1) is 5.92 Å². The lowest BCUT2D eigenvalue weighted by molar-refractivity contribution is -0.124. The average Bonchev–Trinajstić information content (AvgIpc) is 2.58. The maximum absolute atomic E-state index is 11.8. The van der Waals surface area contributed by atoms with Crippen LogP contribution in [0.1, 0.15) is 42.5 Å². The Balaban J connectivity index is 1.69. The summed E-state index contributed by atoms with van der Waals surface area (Å²) in [4.78, 5) is 23.5. The molecule has 0 aromatic heterocycles. The maximum Gasteiger partial charge on any atom is 0.338 e. The van der Waals surface area contributed by atoms with Gasteiger partial charge in [0, 0.05) is 6.54 Å². The van der Waals surface area contributed by atoms with Gasteiger partial charge in [-0.05, 0) is 43.0 Å². The standard InChI is InChI=1S/C17H23NO4/c1-21-15-9-7-14(8-10-15)17(20)22-12-16(19)18-11-13-5-3-2-4-6-13/h7-10,13H,2-6,11-12H2,1H3,(H,18,19). The van der Waals surface area contributed by atoms with Gasteiger partial charge in [0.2, 0.25) is 0 Å². The van der Waals surface area contributed by atoms with E-state index in [1.165, 1.54) is 32.1 Å². The summed E-state index contributed by atoms with van der Waals surface area (Å²) in [5, 5.41) is 2.84. The van der Waals surface area contributed by atoms with Crippen LogP contribution in [0.5, 0.6) is 5.75 Å².